The van der Waals surface area contributed by atoms with E-state index < -0.39 is 0 Å². The summed E-state index contributed by atoms with van der Waals surface area (Å²) in [6.07, 6.45) is 0. The summed E-state index contributed by atoms with van der Waals surface area (Å²) >= 11 is 1.39. The maximum absolute atomic E-state index is 12.7. The number of carbonyl (C=O) groups is 1. The highest BCUT2D eigenvalue weighted by Gasteiger charge is 2.21. The Morgan fingerprint density at radius 2 is 2.00 bits per heavy atom. The Labute approximate surface area is 167 Å². The number of nitrogens with zero attached hydrogens (tertiary/aromatic N) is 1. The topological polar surface area (TPSA) is 69.7 Å². The van der Waals surface area contributed by atoms with Gasteiger partial charge in [-0.2, -0.15) is 0 Å². The van der Waals surface area contributed by atoms with Crippen molar-refractivity contribution < 1.29 is 19.0 Å². The number of methoxy groups -OCH3 is 1. The van der Waals surface area contributed by atoms with Gasteiger partial charge in [-0.05, 0) is 37.6 Å². The van der Waals surface area contributed by atoms with E-state index in [4.69, 9.17) is 14.2 Å². The van der Waals surface area contributed by atoms with Crippen molar-refractivity contribution in [2.24, 2.45) is 0 Å². The van der Waals surface area contributed by atoms with Gasteiger partial charge in [-0.1, -0.05) is 17.7 Å². The number of rotatable bonds is 4. The van der Waals surface area contributed by atoms with Gasteiger partial charge in [0.25, 0.3) is 5.91 Å². The lowest BCUT2D eigenvalue weighted by Crippen LogP contribution is -2.18. The minimum atomic E-state index is -0.280. The molecule has 1 aromatic heterocycles. The minimum Gasteiger partial charge on any atom is -0.493 e. The lowest BCUT2D eigenvalue weighted by atomic mass is 10.0. The van der Waals surface area contributed by atoms with Gasteiger partial charge in [0.15, 0.2) is 16.6 Å². The molecular weight excluding hydrogens is 376 g/mol. The largest absolute Gasteiger partial charge is 0.493 e. The van der Waals surface area contributed by atoms with Gasteiger partial charge in [-0.25, -0.2) is 4.98 Å². The molecule has 6 nitrogen and oxygen atoms in total. The Morgan fingerprint density at radius 3 is 2.82 bits per heavy atom. The molecule has 4 rings (SSSR count). The van der Waals surface area contributed by atoms with Crippen LogP contribution in [0.4, 0.5) is 5.13 Å². The number of hydrogen-bond acceptors (Lipinski definition) is 6. The molecule has 0 bridgehead atoms. The van der Waals surface area contributed by atoms with Crippen molar-refractivity contribution in [3.63, 3.8) is 0 Å². The molecule has 0 atom stereocenters. The number of aryl methyl sites for hydroxylation is 2. The number of amides is 1. The fourth-order valence-electron chi connectivity index (χ4n) is 3.04. The summed E-state index contributed by atoms with van der Waals surface area (Å²) in [6, 6.07) is 9.54. The van der Waals surface area contributed by atoms with Gasteiger partial charge in [0.05, 0.1) is 12.8 Å². The molecule has 0 saturated carbocycles. The highest BCUT2D eigenvalue weighted by molar-refractivity contribution is 7.14. The molecule has 1 N–H and O–H groups in total. The van der Waals surface area contributed by atoms with Gasteiger partial charge in [-0.15, -0.1) is 11.3 Å². The second kappa shape index (κ2) is 7.52. The number of ether oxygens (including phenoxy) is 3. The van der Waals surface area contributed by atoms with Gasteiger partial charge >= 0.3 is 0 Å². The lowest BCUT2D eigenvalue weighted by molar-refractivity contribution is 0.102. The zero-order chi connectivity index (χ0) is 19.7. The maximum atomic E-state index is 12.7. The molecule has 28 heavy (non-hydrogen) atoms. The fourth-order valence-corrected chi connectivity index (χ4v) is 3.75. The van der Waals surface area contributed by atoms with Gasteiger partial charge in [0.2, 0.25) is 5.75 Å². The zero-order valence-corrected chi connectivity index (χ0v) is 16.7. The third-order valence-electron chi connectivity index (χ3n) is 4.48. The van der Waals surface area contributed by atoms with Crippen LogP contribution in [0.15, 0.2) is 35.7 Å². The number of benzene rings is 2. The summed E-state index contributed by atoms with van der Waals surface area (Å²) < 4.78 is 16.5. The van der Waals surface area contributed by atoms with Crippen LogP contribution < -0.4 is 19.5 Å². The third-order valence-corrected chi connectivity index (χ3v) is 5.24. The molecule has 0 radical (unpaired) electrons. The van der Waals surface area contributed by atoms with E-state index in [-0.39, 0.29) is 5.91 Å². The van der Waals surface area contributed by atoms with E-state index in [1.807, 2.05) is 19.2 Å². The molecule has 0 fully saturated rings. The number of nitrogens with one attached hydrogen (secondary N) is 1. The minimum absolute atomic E-state index is 0.280. The van der Waals surface area contributed by atoms with Crippen LogP contribution in [0.5, 0.6) is 17.2 Å². The normalized spacial score (nSPS) is 12.5. The molecule has 7 heteroatoms. The summed E-state index contributed by atoms with van der Waals surface area (Å²) in [5.41, 5.74) is 4.65. The predicted molar refractivity (Wildman–Crippen MR) is 109 cm³/mol. The predicted octanol–water partition coefficient (Wildman–Crippen LogP) is 4.46. The van der Waals surface area contributed by atoms with E-state index in [1.54, 1.807) is 12.1 Å². The monoisotopic (exact) mass is 396 g/mol. The second-order valence-corrected chi connectivity index (χ2v) is 7.37. The molecule has 3 aromatic rings. The van der Waals surface area contributed by atoms with Gasteiger partial charge < -0.3 is 14.2 Å². The van der Waals surface area contributed by atoms with Crippen molar-refractivity contribution in [1.29, 1.82) is 0 Å². The number of carbonyl (C=O) groups excluding carboxylic acids is 1. The Bertz CT molecular complexity index is 1030. The van der Waals surface area contributed by atoms with Crippen molar-refractivity contribution in [3.8, 4) is 28.5 Å². The SMILES string of the molecule is COc1cc(C(=O)Nc2nc(-c3cc(C)ccc3C)cs2)cc2c1OCCO2. The number of anilines is 1. The molecular formula is C21H20N2O4S. The van der Waals surface area contributed by atoms with Crippen LogP contribution in [0.3, 0.4) is 0 Å². The molecule has 0 aliphatic carbocycles. The van der Waals surface area contributed by atoms with Crippen molar-refractivity contribution in [2.45, 2.75) is 13.8 Å². The number of hydrogen-bond donors (Lipinski definition) is 1. The highest BCUT2D eigenvalue weighted by Crippen LogP contribution is 2.40. The van der Waals surface area contributed by atoms with Crippen LogP contribution in [0.1, 0.15) is 21.5 Å². The van der Waals surface area contributed by atoms with E-state index in [0.717, 1.165) is 16.8 Å². The van der Waals surface area contributed by atoms with Crippen molar-refractivity contribution in [2.75, 3.05) is 25.6 Å². The van der Waals surface area contributed by atoms with Crippen molar-refractivity contribution in [3.05, 3.63) is 52.4 Å². The molecule has 1 aliphatic heterocycles. The Kier molecular flexibility index (Phi) is 4.92. The van der Waals surface area contributed by atoms with Crippen LogP contribution in [-0.4, -0.2) is 31.2 Å². The van der Waals surface area contributed by atoms with Gasteiger partial charge in [-0.3, -0.25) is 10.1 Å². The van der Waals surface area contributed by atoms with Crippen LogP contribution in [0, 0.1) is 13.8 Å². The van der Waals surface area contributed by atoms with Gasteiger partial charge in [0.1, 0.15) is 13.2 Å². The Morgan fingerprint density at radius 1 is 1.18 bits per heavy atom. The molecule has 1 aliphatic rings. The first-order valence-electron chi connectivity index (χ1n) is 8.87. The average Bonchev–Trinajstić information content (AvgIpc) is 3.17. The number of thiazole rings is 1. The first-order valence-corrected chi connectivity index (χ1v) is 9.75. The standard InChI is InChI=1S/C21H20N2O4S/c1-12-4-5-13(2)15(8-12)16-11-28-21(22-16)23-20(24)14-9-17(25-3)19-18(10-14)26-6-7-27-19/h4-5,8-11H,6-7H2,1-3H3,(H,22,23,24). The highest BCUT2D eigenvalue weighted by atomic mass is 32.1. The quantitative estimate of drug-likeness (QED) is 0.705. The summed E-state index contributed by atoms with van der Waals surface area (Å²) in [4.78, 5) is 17.3. The van der Waals surface area contributed by atoms with Crippen LogP contribution in [0.2, 0.25) is 0 Å². The maximum Gasteiger partial charge on any atom is 0.257 e. The van der Waals surface area contributed by atoms with Gasteiger partial charge in [0, 0.05) is 16.5 Å². The second-order valence-electron chi connectivity index (χ2n) is 6.51. The first kappa shape index (κ1) is 18.3. The van der Waals surface area contributed by atoms with E-state index in [0.29, 0.717) is 41.2 Å². The van der Waals surface area contributed by atoms with E-state index in [1.165, 1.54) is 24.0 Å². The van der Waals surface area contributed by atoms with Crippen molar-refractivity contribution >= 4 is 22.4 Å². The summed E-state index contributed by atoms with van der Waals surface area (Å²) in [5.74, 6) is 1.22. The van der Waals surface area contributed by atoms with Crippen LogP contribution >= 0.6 is 11.3 Å². The average molecular weight is 396 g/mol. The summed E-state index contributed by atoms with van der Waals surface area (Å²) in [7, 11) is 1.53. The lowest BCUT2D eigenvalue weighted by Gasteiger charge is -2.21. The Balaban J connectivity index is 1.58. The smallest absolute Gasteiger partial charge is 0.257 e. The van der Waals surface area contributed by atoms with Crippen molar-refractivity contribution in [1.82, 2.24) is 4.98 Å². The molecule has 0 spiro atoms. The number of fused-ring (bicyclic) bond motifs is 1. The van der Waals surface area contributed by atoms with E-state index in [2.05, 4.69) is 28.5 Å². The van der Waals surface area contributed by atoms with E-state index in [9.17, 15) is 4.79 Å². The first-order chi connectivity index (χ1) is 13.5. The van der Waals surface area contributed by atoms with E-state index >= 15 is 0 Å². The fraction of sp³-hybridized carbons (Fsp3) is 0.238. The molecule has 0 saturated heterocycles. The summed E-state index contributed by atoms with van der Waals surface area (Å²) in [5, 5.41) is 5.34. The molecule has 2 aromatic carbocycles. The molecule has 2 heterocycles. The molecule has 0 unspecified atom stereocenters. The Hall–Kier alpha value is -3.06. The van der Waals surface area contributed by atoms with Crippen LogP contribution in [-0.2, 0) is 0 Å². The van der Waals surface area contributed by atoms with Crippen LogP contribution in [0.25, 0.3) is 11.3 Å². The zero-order valence-electron chi connectivity index (χ0n) is 15.9. The molecule has 1 amide bonds. The summed E-state index contributed by atoms with van der Waals surface area (Å²) in [6.45, 7) is 4.99. The molecule has 144 valence electrons. The third kappa shape index (κ3) is 3.53. The number of aromatic nitrogens is 1.